The first-order valence-corrected chi connectivity index (χ1v) is 8.40. The van der Waals surface area contributed by atoms with E-state index in [9.17, 15) is 13.2 Å². The number of rotatable bonds is 5. The lowest BCUT2D eigenvalue weighted by molar-refractivity contribution is -0.122. The van der Waals surface area contributed by atoms with Gasteiger partial charge in [-0.1, -0.05) is 31.2 Å². The Morgan fingerprint density at radius 2 is 2.15 bits per heavy atom. The second-order valence-corrected chi connectivity index (χ2v) is 6.70. The second kappa shape index (κ2) is 6.37. The predicted molar refractivity (Wildman–Crippen MR) is 75.7 cm³/mol. The summed E-state index contributed by atoms with van der Waals surface area (Å²) >= 11 is 0. The molecule has 0 aliphatic carbocycles. The van der Waals surface area contributed by atoms with E-state index in [1.165, 1.54) is 0 Å². The summed E-state index contributed by atoms with van der Waals surface area (Å²) in [6.07, 6.45) is 0.963. The summed E-state index contributed by atoms with van der Waals surface area (Å²) in [5, 5.41) is 0. The molecule has 1 aromatic rings. The first-order valence-electron chi connectivity index (χ1n) is 6.74. The Balaban J connectivity index is 2.03. The van der Waals surface area contributed by atoms with E-state index in [2.05, 4.69) is 4.72 Å². The number of ether oxygens (including phenoxy) is 1. The van der Waals surface area contributed by atoms with Gasteiger partial charge in [0.15, 0.2) is 0 Å². The van der Waals surface area contributed by atoms with E-state index < -0.39 is 15.9 Å². The molecule has 110 valence electrons. The number of nitrogens with one attached hydrogen (secondary N) is 1. The maximum atomic E-state index is 11.8. The van der Waals surface area contributed by atoms with Gasteiger partial charge in [-0.15, -0.1) is 0 Å². The van der Waals surface area contributed by atoms with Gasteiger partial charge in [-0.3, -0.25) is 9.52 Å². The molecule has 1 atom stereocenters. The van der Waals surface area contributed by atoms with Crippen molar-refractivity contribution in [2.75, 3.05) is 12.4 Å². The normalized spacial score (nSPS) is 18.4. The maximum absolute atomic E-state index is 11.8. The first-order chi connectivity index (χ1) is 9.52. The summed E-state index contributed by atoms with van der Waals surface area (Å²) in [4.78, 5) is 11.8. The molecule has 0 fully saturated rings. The largest absolute Gasteiger partial charge is 0.373 e. The number of hydrogen-bond acceptors (Lipinski definition) is 4. The summed E-state index contributed by atoms with van der Waals surface area (Å²) in [5.74, 6) is -0.555. The third-order valence-electron chi connectivity index (χ3n) is 3.21. The summed E-state index contributed by atoms with van der Waals surface area (Å²) in [6, 6.07) is 7.78. The van der Waals surface area contributed by atoms with Gasteiger partial charge in [0, 0.05) is 0 Å². The van der Waals surface area contributed by atoms with E-state index in [1.54, 1.807) is 6.92 Å². The highest BCUT2D eigenvalue weighted by atomic mass is 32.2. The SMILES string of the molecule is CCCS(=O)(=O)NC(=O)CC1OCCc2ccccc21. The van der Waals surface area contributed by atoms with Crippen LogP contribution >= 0.6 is 0 Å². The van der Waals surface area contributed by atoms with Crippen molar-refractivity contribution in [2.45, 2.75) is 32.3 Å². The number of hydrogen-bond donors (Lipinski definition) is 1. The van der Waals surface area contributed by atoms with Crippen LogP contribution in [0.3, 0.4) is 0 Å². The fourth-order valence-electron chi connectivity index (χ4n) is 2.35. The molecule has 6 heteroatoms. The van der Waals surface area contributed by atoms with Crippen molar-refractivity contribution in [3.05, 3.63) is 35.4 Å². The minimum Gasteiger partial charge on any atom is -0.373 e. The van der Waals surface area contributed by atoms with E-state index in [0.29, 0.717) is 13.0 Å². The van der Waals surface area contributed by atoms with Gasteiger partial charge in [0.2, 0.25) is 15.9 Å². The Morgan fingerprint density at radius 3 is 2.90 bits per heavy atom. The lowest BCUT2D eigenvalue weighted by Crippen LogP contribution is -2.34. The Bertz CT molecular complexity index is 583. The van der Waals surface area contributed by atoms with Crippen LogP contribution in [0.1, 0.15) is 37.0 Å². The van der Waals surface area contributed by atoms with Crippen molar-refractivity contribution in [1.29, 1.82) is 0 Å². The van der Waals surface area contributed by atoms with Gasteiger partial charge in [0.1, 0.15) is 0 Å². The van der Waals surface area contributed by atoms with E-state index >= 15 is 0 Å². The van der Waals surface area contributed by atoms with Crippen LogP contribution in [0.5, 0.6) is 0 Å². The highest BCUT2D eigenvalue weighted by Gasteiger charge is 2.24. The number of amides is 1. The van der Waals surface area contributed by atoms with Gasteiger partial charge in [-0.05, 0) is 24.0 Å². The molecular weight excluding hydrogens is 278 g/mol. The molecule has 0 aromatic heterocycles. The number of sulfonamides is 1. The molecule has 1 amide bonds. The van der Waals surface area contributed by atoms with Gasteiger partial charge < -0.3 is 4.74 Å². The Kier molecular flexibility index (Phi) is 4.77. The molecule has 5 nitrogen and oxygen atoms in total. The summed E-state index contributed by atoms with van der Waals surface area (Å²) in [7, 11) is -3.51. The van der Waals surface area contributed by atoms with Crippen LogP contribution < -0.4 is 4.72 Å². The van der Waals surface area contributed by atoms with Crippen molar-refractivity contribution >= 4 is 15.9 Å². The van der Waals surface area contributed by atoms with Crippen molar-refractivity contribution in [2.24, 2.45) is 0 Å². The molecule has 1 aliphatic rings. The molecule has 2 rings (SSSR count). The molecule has 1 N–H and O–H groups in total. The zero-order valence-electron chi connectivity index (χ0n) is 11.5. The number of fused-ring (bicyclic) bond motifs is 1. The number of benzene rings is 1. The van der Waals surface area contributed by atoms with E-state index in [4.69, 9.17) is 4.74 Å². The van der Waals surface area contributed by atoms with Crippen molar-refractivity contribution in [3.8, 4) is 0 Å². The van der Waals surface area contributed by atoms with Gasteiger partial charge in [-0.25, -0.2) is 8.42 Å². The summed E-state index contributed by atoms with van der Waals surface area (Å²) < 4.78 is 30.8. The van der Waals surface area contributed by atoms with Crippen LogP contribution in [0, 0.1) is 0 Å². The molecule has 1 aliphatic heterocycles. The molecule has 0 spiro atoms. The Hall–Kier alpha value is -1.40. The van der Waals surface area contributed by atoms with Crippen LogP contribution in [-0.4, -0.2) is 26.7 Å². The van der Waals surface area contributed by atoms with E-state index in [1.807, 2.05) is 24.3 Å². The fourth-order valence-corrected chi connectivity index (χ4v) is 3.42. The average Bonchev–Trinajstić information content (AvgIpc) is 2.38. The number of carbonyl (C=O) groups excluding carboxylic acids is 1. The zero-order valence-corrected chi connectivity index (χ0v) is 12.3. The summed E-state index contributed by atoms with van der Waals surface area (Å²) in [5.41, 5.74) is 2.13. The standard InChI is InChI=1S/C14H19NO4S/c1-2-9-20(17,18)15-14(16)10-13-12-6-4-3-5-11(12)7-8-19-13/h3-6,13H,2,7-10H2,1H3,(H,15,16). The Morgan fingerprint density at radius 1 is 1.40 bits per heavy atom. The minimum atomic E-state index is -3.51. The fraction of sp³-hybridized carbons (Fsp3) is 0.500. The molecule has 0 saturated heterocycles. The lowest BCUT2D eigenvalue weighted by Gasteiger charge is -2.25. The molecular formula is C14H19NO4S. The highest BCUT2D eigenvalue weighted by molar-refractivity contribution is 7.90. The predicted octanol–water partition coefficient (Wildman–Crippen LogP) is 1.55. The van der Waals surface area contributed by atoms with Crippen LogP contribution in [0.4, 0.5) is 0 Å². The first kappa shape index (κ1) is 15.0. The van der Waals surface area contributed by atoms with E-state index in [0.717, 1.165) is 17.5 Å². The average molecular weight is 297 g/mol. The third kappa shape index (κ3) is 3.80. The smallest absolute Gasteiger partial charge is 0.236 e. The molecule has 0 saturated carbocycles. The minimum absolute atomic E-state index is 0.0277. The second-order valence-electron chi connectivity index (χ2n) is 4.86. The molecule has 1 aromatic carbocycles. The summed E-state index contributed by atoms with van der Waals surface area (Å²) in [6.45, 7) is 2.31. The van der Waals surface area contributed by atoms with Gasteiger partial charge in [0.05, 0.1) is 24.9 Å². The molecule has 20 heavy (non-hydrogen) atoms. The van der Waals surface area contributed by atoms with Gasteiger partial charge >= 0.3 is 0 Å². The van der Waals surface area contributed by atoms with Crippen molar-refractivity contribution in [3.63, 3.8) is 0 Å². The third-order valence-corrected chi connectivity index (χ3v) is 4.69. The topological polar surface area (TPSA) is 72.5 Å². The Labute approximate surface area is 119 Å². The van der Waals surface area contributed by atoms with Crippen molar-refractivity contribution < 1.29 is 17.9 Å². The zero-order chi connectivity index (χ0) is 14.6. The molecule has 0 bridgehead atoms. The quantitative estimate of drug-likeness (QED) is 0.895. The lowest BCUT2D eigenvalue weighted by atomic mass is 9.96. The van der Waals surface area contributed by atoms with Crippen molar-refractivity contribution in [1.82, 2.24) is 4.72 Å². The van der Waals surface area contributed by atoms with Crippen LogP contribution in [-0.2, 0) is 26.0 Å². The molecule has 1 heterocycles. The van der Waals surface area contributed by atoms with Crippen LogP contribution in [0.2, 0.25) is 0 Å². The maximum Gasteiger partial charge on any atom is 0.236 e. The number of carbonyl (C=O) groups is 1. The van der Waals surface area contributed by atoms with Crippen LogP contribution in [0.15, 0.2) is 24.3 Å². The molecule has 0 radical (unpaired) electrons. The molecule has 1 unspecified atom stereocenters. The van der Waals surface area contributed by atoms with E-state index in [-0.39, 0.29) is 18.3 Å². The monoisotopic (exact) mass is 297 g/mol. The van der Waals surface area contributed by atoms with Gasteiger partial charge in [-0.2, -0.15) is 0 Å². The van der Waals surface area contributed by atoms with Crippen LogP contribution in [0.25, 0.3) is 0 Å². The van der Waals surface area contributed by atoms with Gasteiger partial charge in [0.25, 0.3) is 0 Å². The highest BCUT2D eigenvalue weighted by Crippen LogP contribution is 2.29.